The number of nitrogens with two attached hydrogens (primary N) is 1. The summed E-state index contributed by atoms with van der Waals surface area (Å²) < 4.78 is 0. The van der Waals surface area contributed by atoms with Gasteiger partial charge in [0.05, 0.1) is 10.7 Å². The first-order valence-electron chi connectivity index (χ1n) is 5.59. The van der Waals surface area contributed by atoms with Crippen molar-refractivity contribution in [3.8, 4) is 11.3 Å². The van der Waals surface area contributed by atoms with Crippen molar-refractivity contribution in [2.75, 3.05) is 6.54 Å². The van der Waals surface area contributed by atoms with Crippen LogP contribution in [0, 0.1) is 0 Å². The van der Waals surface area contributed by atoms with E-state index in [4.69, 9.17) is 5.73 Å². The van der Waals surface area contributed by atoms with Crippen molar-refractivity contribution in [3.63, 3.8) is 0 Å². The maximum atomic E-state index is 5.64. The van der Waals surface area contributed by atoms with E-state index in [2.05, 4.69) is 24.0 Å². The lowest BCUT2D eigenvalue weighted by molar-refractivity contribution is 0.985. The minimum absolute atomic E-state index is 0.686. The Morgan fingerprint density at radius 2 is 2.00 bits per heavy atom. The molecule has 0 atom stereocenters. The normalized spacial score (nSPS) is 10.6. The summed E-state index contributed by atoms with van der Waals surface area (Å²) in [7, 11) is 0. The van der Waals surface area contributed by atoms with Gasteiger partial charge in [0.15, 0.2) is 0 Å². The fourth-order valence-electron chi connectivity index (χ4n) is 1.67. The highest BCUT2D eigenvalue weighted by Crippen LogP contribution is 2.28. The van der Waals surface area contributed by atoms with Crippen LogP contribution in [0.25, 0.3) is 11.3 Å². The summed E-state index contributed by atoms with van der Waals surface area (Å²) in [6, 6.07) is 10.3. The predicted molar refractivity (Wildman–Crippen MR) is 69.7 cm³/mol. The average Bonchev–Trinajstić information content (AvgIpc) is 2.74. The Balaban J connectivity index is 2.42. The average molecular weight is 232 g/mol. The monoisotopic (exact) mass is 232 g/mol. The molecule has 0 spiro atoms. The van der Waals surface area contributed by atoms with E-state index >= 15 is 0 Å². The van der Waals surface area contributed by atoms with Crippen LogP contribution < -0.4 is 5.73 Å². The van der Waals surface area contributed by atoms with Crippen molar-refractivity contribution < 1.29 is 0 Å². The first-order valence-corrected chi connectivity index (χ1v) is 6.41. The number of thiazole rings is 1. The summed E-state index contributed by atoms with van der Waals surface area (Å²) in [5.41, 5.74) is 7.95. The molecule has 2 rings (SSSR count). The summed E-state index contributed by atoms with van der Waals surface area (Å²) in [5.74, 6) is 0. The Kier molecular flexibility index (Phi) is 3.70. The lowest BCUT2D eigenvalue weighted by Gasteiger charge is -2.00. The van der Waals surface area contributed by atoms with Gasteiger partial charge in [0, 0.05) is 10.4 Å². The smallest absolute Gasteiger partial charge is 0.0932 e. The first-order chi connectivity index (χ1) is 7.85. The van der Waals surface area contributed by atoms with Gasteiger partial charge in [-0.05, 0) is 19.4 Å². The van der Waals surface area contributed by atoms with Crippen LogP contribution in [0.2, 0.25) is 0 Å². The van der Waals surface area contributed by atoms with Gasteiger partial charge in [0.2, 0.25) is 0 Å². The molecule has 0 radical (unpaired) electrons. The Morgan fingerprint density at radius 1 is 1.25 bits per heavy atom. The molecule has 0 aliphatic rings. The zero-order valence-electron chi connectivity index (χ0n) is 9.44. The molecule has 2 aromatic rings. The third-order valence-corrected chi connectivity index (χ3v) is 3.72. The van der Waals surface area contributed by atoms with Crippen LogP contribution in [0.1, 0.15) is 16.8 Å². The molecule has 16 heavy (non-hydrogen) atoms. The zero-order valence-corrected chi connectivity index (χ0v) is 10.3. The van der Waals surface area contributed by atoms with Gasteiger partial charge >= 0.3 is 0 Å². The number of aromatic nitrogens is 1. The van der Waals surface area contributed by atoms with Gasteiger partial charge in [0.25, 0.3) is 0 Å². The molecule has 84 valence electrons. The summed E-state index contributed by atoms with van der Waals surface area (Å²) in [4.78, 5) is 5.99. The highest BCUT2D eigenvalue weighted by atomic mass is 32.1. The van der Waals surface area contributed by atoms with Crippen LogP contribution in [0.3, 0.4) is 0 Å². The third-order valence-electron chi connectivity index (χ3n) is 2.46. The Bertz CT molecular complexity index is 448. The van der Waals surface area contributed by atoms with Gasteiger partial charge in [-0.1, -0.05) is 37.3 Å². The standard InChI is InChI=1S/C13H16N2S/c1-2-12-15-13(11(16-12)8-9-14)10-6-4-3-5-7-10/h3-7H,2,8-9,14H2,1H3. The van der Waals surface area contributed by atoms with Crippen molar-refractivity contribution in [2.24, 2.45) is 5.73 Å². The largest absolute Gasteiger partial charge is 0.330 e. The Hall–Kier alpha value is -1.19. The van der Waals surface area contributed by atoms with Gasteiger partial charge in [-0.2, -0.15) is 0 Å². The number of aryl methyl sites for hydroxylation is 1. The number of nitrogens with zero attached hydrogens (tertiary/aromatic N) is 1. The van der Waals surface area contributed by atoms with Crippen LogP contribution in [-0.4, -0.2) is 11.5 Å². The maximum Gasteiger partial charge on any atom is 0.0932 e. The molecule has 0 aliphatic heterocycles. The Morgan fingerprint density at radius 3 is 2.62 bits per heavy atom. The van der Waals surface area contributed by atoms with Crippen molar-refractivity contribution in [1.29, 1.82) is 0 Å². The molecule has 3 heteroatoms. The summed E-state index contributed by atoms with van der Waals surface area (Å²) in [6.07, 6.45) is 1.91. The second kappa shape index (κ2) is 5.23. The molecule has 0 unspecified atom stereocenters. The highest BCUT2D eigenvalue weighted by Gasteiger charge is 2.10. The first kappa shape index (κ1) is 11.3. The molecule has 2 N–H and O–H groups in total. The number of benzene rings is 1. The second-order valence-electron chi connectivity index (χ2n) is 3.64. The molecule has 0 amide bonds. The van der Waals surface area contributed by atoms with E-state index in [9.17, 15) is 0 Å². The van der Waals surface area contributed by atoms with Crippen LogP contribution >= 0.6 is 11.3 Å². The fourth-order valence-corrected chi connectivity index (χ4v) is 2.72. The second-order valence-corrected chi connectivity index (χ2v) is 4.81. The van der Waals surface area contributed by atoms with Gasteiger partial charge in [-0.25, -0.2) is 4.98 Å². The van der Waals surface area contributed by atoms with E-state index < -0.39 is 0 Å². The molecule has 0 fully saturated rings. The lowest BCUT2D eigenvalue weighted by atomic mass is 10.1. The minimum Gasteiger partial charge on any atom is -0.330 e. The molecule has 0 aliphatic carbocycles. The number of hydrogen-bond acceptors (Lipinski definition) is 3. The number of rotatable bonds is 4. The maximum absolute atomic E-state index is 5.64. The van der Waals surface area contributed by atoms with Gasteiger partial charge in [0.1, 0.15) is 0 Å². The van der Waals surface area contributed by atoms with Crippen LogP contribution in [0.5, 0.6) is 0 Å². The van der Waals surface area contributed by atoms with E-state index in [1.54, 1.807) is 11.3 Å². The van der Waals surface area contributed by atoms with E-state index in [-0.39, 0.29) is 0 Å². The number of hydrogen-bond donors (Lipinski definition) is 1. The molecular weight excluding hydrogens is 216 g/mol. The molecule has 0 bridgehead atoms. The van der Waals surface area contributed by atoms with E-state index in [0.29, 0.717) is 6.54 Å². The quantitative estimate of drug-likeness (QED) is 0.880. The third kappa shape index (κ3) is 2.31. The molecule has 0 saturated heterocycles. The SMILES string of the molecule is CCc1nc(-c2ccccc2)c(CCN)s1. The predicted octanol–water partition coefficient (Wildman–Crippen LogP) is 2.87. The zero-order chi connectivity index (χ0) is 11.4. The fraction of sp³-hybridized carbons (Fsp3) is 0.308. The van der Waals surface area contributed by atoms with E-state index in [0.717, 1.165) is 18.5 Å². The van der Waals surface area contributed by atoms with Crippen molar-refractivity contribution in [3.05, 3.63) is 40.2 Å². The molecule has 1 heterocycles. The lowest BCUT2D eigenvalue weighted by Crippen LogP contribution is -2.02. The van der Waals surface area contributed by atoms with Crippen molar-refractivity contribution in [1.82, 2.24) is 4.98 Å². The molecule has 2 nitrogen and oxygen atoms in total. The summed E-state index contributed by atoms with van der Waals surface area (Å²) >= 11 is 1.79. The summed E-state index contributed by atoms with van der Waals surface area (Å²) in [5, 5.41) is 1.20. The topological polar surface area (TPSA) is 38.9 Å². The van der Waals surface area contributed by atoms with E-state index in [1.807, 2.05) is 18.2 Å². The molecule has 1 aromatic carbocycles. The molecular formula is C13H16N2S. The highest BCUT2D eigenvalue weighted by molar-refractivity contribution is 7.12. The molecule has 1 aromatic heterocycles. The minimum atomic E-state index is 0.686. The van der Waals surface area contributed by atoms with Crippen LogP contribution in [0.15, 0.2) is 30.3 Å². The van der Waals surface area contributed by atoms with Crippen molar-refractivity contribution in [2.45, 2.75) is 19.8 Å². The van der Waals surface area contributed by atoms with Crippen molar-refractivity contribution >= 4 is 11.3 Å². The van der Waals surface area contributed by atoms with Crippen LogP contribution in [-0.2, 0) is 12.8 Å². The van der Waals surface area contributed by atoms with Gasteiger partial charge in [-0.15, -0.1) is 11.3 Å². The van der Waals surface area contributed by atoms with Gasteiger partial charge < -0.3 is 5.73 Å². The molecule has 0 saturated carbocycles. The van der Waals surface area contributed by atoms with Crippen LogP contribution in [0.4, 0.5) is 0 Å². The van der Waals surface area contributed by atoms with Gasteiger partial charge in [-0.3, -0.25) is 0 Å². The Labute approximate surface area is 100 Å². The van der Waals surface area contributed by atoms with E-state index in [1.165, 1.54) is 15.4 Å². The summed E-state index contributed by atoms with van der Waals surface area (Å²) in [6.45, 7) is 2.82.